The van der Waals surface area contributed by atoms with Crippen LogP contribution < -0.4 is 15.5 Å². The van der Waals surface area contributed by atoms with Gasteiger partial charge < -0.3 is 10.1 Å². The molecule has 2 N–H and O–H groups in total. The Balaban J connectivity index is 1.79. The fraction of sp³-hybridized carbons (Fsp3) is 0.136. The van der Waals surface area contributed by atoms with Crippen LogP contribution >= 0.6 is 38.5 Å². The van der Waals surface area contributed by atoms with Crippen LogP contribution in [0.1, 0.15) is 39.4 Å². The highest BCUT2D eigenvalue weighted by molar-refractivity contribution is 14.1. The third kappa shape index (κ3) is 4.52. The Hall–Kier alpha value is -2.66. The second kappa shape index (κ2) is 9.23. The van der Waals surface area contributed by atoms with Gasteiger partial charge in [0.2, 0.25) is 0 Å². The average molecular weight is 593 g/mol. The molecule has 1 aliphatic rings. The molecule has 2 aromatic carbocycles. The Kier molecular flexibility index (Phi) is 6.42. The summed E-state index contributed by atoms with van der Waals surface area (Å²) in [6.45, 7) is 2.36. The summed E-state index contributed by atoms with van der Waals surface area (Å²) in [7, 11) is 0. The van der Waals surface area contributed by atoms with Crippen LogP contribution in [0, 0.1) is 3.57 Å². The summed E-state index contributed by atoms with van der Waals surface area (Å²) in [4.78, 5) is 30.3. The minimum absolute atomic E-state index is 0.318. The van der Waals surface area contributed by atoms with E-state index in [1.54, 1.807) is 18.2 Å². The number of ether oxygens (including phenoxy) is 1. The lowest BCUT2D eigenvalue weighted by Crippen LogP contribution is -2.53. The summed E-state index contributed by atoms with van der Waals surface area (Å²) in [5.74, 6) is -0.111. The van der Waals surface area contributed by atoms with E-state index >= 15 is 0 Å². The molecule has 0 spiro atoms. The van der Waals surface area contributed by atoms with Crippen molar-refractivity contribution in [3.8, 4) is 5.75 Å². The minimum atomic E-state index is -0.676. The van der Waals surface area contributed by atoms with Crippen molar-refractivity contribution in [2.24, 2.45) is 0 Å². The van der Waals surface area contributed by atoms with Gasteiger partial charge in [0.1, 0.15) is 5.75 Å². The highest BCUT2D eigenvalue weighted by Crippen LogP contribution is 2.37. The van der Waals surface area contributed by atoms with Gasteiger partial charge in [0.15, 0.2) is 6.17 Å². The summed E-state index contributed by atoms with van der Waals surface area (Å²) in [5.41, 5.74) is 5.04. The fourth-order valence-corrected chi connectivity index (χ4v) is 4.18. The molecule has 1 aromatic heterocycles. The van der Waals surface area contributed by atoms with Crippen molar-refractivity contribution in [2.45, 2.75) is 13.1 Å². The molecule has 4 rings (SSSR count). The van der Waals surface area contributed by atoms with Gasteiger partial charge >= 0.3 is 0 Å². The molecule has 0 bridgehead atoms. The largest absolute Gasteiger partial charge is 0.493 e. The van der Waals surface area contributed by atoms with Crippen molar-refractivity contribution in [1.29, 1.82) is 0 Å². The molecule has 1 atom stereocenters. The van der Waals surface area contributed by atoms with Crippen LogP contribution in [-0.2, 0) is 0 Å². The number of anilines is 1. The summed E-state index contributed by atoms with van der Waals surface area (Å²) < 4.78 is 7.55. The number of aromatic nitrogens is 1. The first kappa shape index (κ1) is 21.6. The molecule has 2 heterocycles. The van der Waals surface area contributed by atoms with E-state index in [0.29, 0.717) is 34.7 Å². The number of hydrogen-bond acceptors (Lipinski definition) is 5. The number of nitrogens with one attached hydrogen (secondary N) is 2. The topological polar surface area (TPSA) is 83.6 Å². The number of rotatable bonds is 5. The van der Waals surface area contributed by atoms with Gasteiger partial charge in [-0.2, -0.15) is 0 Å². The number of pyridine rings is 1. The number of nitrogens with zero attached hydrogens (tertiary/aromatic N) is 2. The standard InChI is InChI=1S/C22H18BrIN4O3/c1-2-31-19-6-3-14(23)11-17(19)20-26-18-5-4-15(24)12-16(18)22(30)28(20)27-21(29)13-7-9-25-10-8-13/h3-12,20,26H,2H2,1H3,(H,27,29)/t20-/m1/s1. The van der Waals surface area contributed by atoms with Gasteiger partial charge in [-0.15, -0.1) is 0 Å². The Labute approximate surface area is 201 Å². The van der Waals surface area contributed by atoms with Gasteiger partial charge in [-0.05, 0) is 78.0 Å². The lowest BCUT2D eigenvalue weighted by molar-refractivity contribution is 0.0488. The van der Waals surface area contributed by atoms with E-state index in [1.165, 1.54) is 17.4 Å². The van der Waals surface area contributed by atoms with E-state index in [1.807, 2.05) is 37.3 Å². The highest BCUT2D eigenvalue weighted by atomic mass is 127. The number of amides is 2. The van der Waals surface area contributed by atoms with Gasteiger partial charge in [0.05, 0.1) is 12.2 Å². The van der Waals surface area contributed by atoms with Crippen LogP contribution in [0.5, 0.6) is 5.75 Å². The Morgan fingerprint density at radius 1 is 1.23 bits per heavy atom. The zero-order chi connectivity index (χ0) is 22.0. The second-order valence-electron chi connectivity index (χ2n) is 6.70. The molecule has 0 unspecified atom stereocenters. The number of carbonyl (C=O) groups excluding carboxylic acids is 2. The smallest absolute Gasteiger partial charge is 0.276 e. The van der Waals surface area contributed by atoms with Crippen molar-refractivity contribution in [2.75, 3.05) is 11.9 Å². The van der Waals surface area contributed by atoms with Gasteiger partial charge in [-0.3, -0.25) is 20.0 Å². The van der Waals surface area contributed by atoms with E-state index in [9.17, 15) is 9.59 Å². The van der Waals surface area contributed by atoms with E-state index < -0.39 is 12.1 Å². The molecule has 7 nitrogen and oxygen atoms in total. The molecule has 1 aliphatic heterocycles. The quantitative estimate of drug-likeness (QED) is 0.418. The summed E-state index contributed by atoms with van der Waals surface area (Å²) >= 11 is 5.65. The number of halogens is 2. The van der Waals surface area contributed by atoms with E-state index in [2.05, 4.69) is 54.2 Å². The molecule has 3 aromatic rings. The first-order valence-electron chi connectivity index (χ1n) is 9.51. The Bertz CT molecular complexity index is 1140. The maximum absolute atomic E-state index is 13.5. The molecule has 0 saturated heterocycles. The normalized spacial score (nSPS) is 15.1. The molecule has 31 heavy (non-hydrogen) atoms. The Morgan fingerprint density at radius 2 is 2.00 bits per heavy atom. The van der Waals surface area contributed by atoms with Gasteiger partial charge in [0, 0.05) is 37.3 Å². The molecule has 158 valence electrons. The van der Waals surface area contributed by atoms with Crippen molar-refractivity contribution in [1.82, 2.24) is 15.4 Å². The summed E-state index contributed by atoms with van der Waals surface area (Å²) in [6, 6.07) is 14.3. The van der Waals surface area contributed by atoms with E-state index in [0.717, 1.165) is 8.04 Å². The average Bonchev–Trinajstić information content (AvgIpc) is 2.78. The zero-order valence-corrected chi connectivity index (χ0v) is 20.2. The van der Waals surface area contributed by atoms with Crippen LogP contribution in [0.4, 0.5) is 5.69 Å². The second-order valence-corrected chi connectivity index (χ2v) is 8.87. The zero-order valence-electron chi connectivity index (χ0n) is 16.4. The molecular formula is C22H18BrIN4O3. The maximum Gasteiger partial charge on any atom is 0.276 e. The predicted molar refractivity (Wildman–Crippen MR) is 129 cm³/mol. The molecule has 0 radical (unpaired) electrons. The molecule has 2 amide bonds. The van der Waals surface area contributed by atoms with Crippen molar-refractivity contribution < 1.29 is 14.3 Å². The third-order valence-electron chi connectivity index (χ3n) is 4.71. The Morgan fingerprint density at radius 3 is 2.74 bits per heavy atom. The molecule has 0 saturated carbocycles. The molecule has 0 aliphatic carbocycles. The van der Waals surface area contributed by atoms with Crippen molar-refractivity contribution in [3.63, 3.8) is 0 Å². The maximum atomic E-state index is 13.5. The lowest BCUT2D eigenvalue weighted by Gasteiger charge is -2.38. The van der Waals surface area contributed by atoms with E-state index in [-0.39, 0.29) is 5.91 Å². The van der Waals surface area contributed by atoms with Gasteiger partial charge in [-0.1, -0.05) is 15.9 Å². The SMILES string of the molecule is CCOc1ccc(Br)cc1[C@@H]1Nc2ccc(I)cc2C(=O)N1NC(=O)c1ccncc1. The van der Waals surface area contributed by atoms with Crippen LogP contribution in [0.25, 0.3) is 0 Å². The molecule has 9 heteroatoms. The van der Waals surface area contributed by atoms with Gasteiger partial charge in [-0.25, -0.2) is 5.01 Å². The monoisotopic (exact) mass is 592 g/mol. The first-order chi connectivity index (χ1) is 15.0. The molecular weight excluding hydrogens is 575 g/mol. The van der Waals surface area contributed by atoms with Crippen LogP contribution in [0.3, 0.4) is 0 Å². The minimum Gasteiger partial charge on any atom is -0.493 e. The first-order valence-corrected chi connectivity index (χ1v) is 11.4. The fourth-order valence-electron chi connectivity index (χ4n) is 3.31. The number of hydrogen-bond donors (Lipinski definition) is 2. The van der Waals surface area contributed by atoms with Crippen LogP contribution in [-0.4, -0.2) is 28.4 Å². The number of carbonyl (C=O) groups is 2. The number of fused-ring (bicyclic) bond motifs is 1. The highest BCUT2D eigenvalue weighted by Gasteiger charge is 2.36. The van der Waals surface area contributed by atoms with Gasteiger partial charge in [0.25, 0.3) is 11.8 Å². The van der Waals surface area contributed by atoms with Crippen molar-refractivity contribution >= 4 is 56.0 Å². The lowest BCUT2D eigenvalue weighted by atomic mass is 10.0. The van der Waals surface area contributed by atoms with Crippen LogP contribution in [0.15, 0.2) is 65.4 Å². The third-order valence-corrected chi connectivity index (χ3v) is 5.88. The number of benzene rings is 2. The predicted octanol–water partition coefficient (Wildman–Crippen LogP) is 4.76. The molecule has 0 fully saturated rings. The van der Waals surface area contributed by atoms with E-state index in [4.69, 9.17) is 4.74 Å². The number of hydrazine groups is 1. The van der Waals surface area contributed by atoms with Crippen molar-refractivity contribution in [3.05, 3.63) is 85.7 Å². The summed E-state index contributed by atoms with van der Waals surface area (Å²) in [6.07, 6.45) is 2.38. The summed E-state index contributed by atoms with van der Waals surface area (Å²) in [5, 5.41) is 4.69. The van der Waals surface area contributed by atoms with Crippen LogP contribution in [0.2, 0.25) is 0 Å².